The minimum atomic E-state index is -4.38. The van der Waals surface area contributed by atoms with Crippen molar-refractivity contribution < 1.29 is 37.8 Å². The zero-order valence-corrected chi connectivity index (χ0v) is 26.2. The number of nitrogens with one attached hydrogen (secondary N) is 2. The number of carbonyl (C=O) groups excluding carboxylic acids is 3. The molecule has 236 valence electrons. The highest BCUT2D eigenvalue weighted by atomic mass is 31.2. The Kier molecular flexibility index (Phi) is 13.8. The van der Waals surface area contributed by atoms with E-state index in [1.807, 2.05) is 60.7 Å². The summed E-state index contributed by atoms with van der Waals surface area (Å²) in [4.78, 5) is 48.0. The summed E-state index contributed by atoms with van der Waals surface area (Å²) in [5, 5.41) is 5.54. The minimum Gasteiger partial charge on any atom is -0.466 e. The molecule has 10 nitrogen and oxygen atoms in total. The lowest BCUT2D eigenvalue weighted by Gasteiger charge is -2.26. The van der Waals surface area contributed by atoms with Crippen molar-refractivity contribution >= 4 is 25.4 Å². The molecule has 3 N–H and O–H groups in total. The molecule has 0 fully saturated rings. The topological polar surface area (TPSA) is 140 Å². The summed E-state index contributed by atoms with van der Waals surface area (Å²) < 4.78 is 28.8. The quantitative estimate of drug-likeness (QED) is 0.109. The Labute approximate surface area is 258 Å². The predicted octanol–water partition coefficient (Wildman–Crippen LogP) is 4.85. The van der Waals surface area contributed by atoms with E-state index in [2.05, 4.69) is 10.6 Å². The first kappa shape index (κ1) is 34.7. The van der Waals surface area contributed by atoms with Gasteiger partial charge in [-0.05, 0) is 35.6 Å². The average molecular weight is 625 g/mol. The van der Waals surface area contributed by atoms with Crippen LogP contribution in [0.25, 0.3) is 11.1 Å². The van der Waals surface area contributed by atoms with Gasteiger partial charge in [0.2, 0.25) is 12.2 Å². The summed E-state index contributed by atoms with van der Waals surface area (Å²) in [6, 6.07) is 25.6. The summed E-state index contributed by atoms with van der Waals surface area (Å²) in [6.07, 6.45) is -1.68. The Morgan fingerprint density at radius 3 is 2.07 bits per heavy atom. The smallest absolute Gasteiger partial charge is 0.344 e. The Bertz CT molecular complexity index is 1380. The highest BCUT2D eigenvalue weighted by Gasteiger charge is 2.31. The lowest BCUT2D eigenvalue weighted by molar-refractivity contribution is -0.169. The van der Waals surface area contributed by atoms with Gasteiger partial charge >= 0.3 is 19.5 Å². The minimum absolute atomic E-state index is 0.00983. The van der Waals surface area contributed by atoms with Crippen LogP contribution in [-0.4, -0.2) is 54.5 Å². The van der Waals surface area contributed by atoms with Gasteiger partial charge in [0.15, 0.2) is 0 Å². The first-order valence-corrected chi connectivity index (χ1v) is 16.4. The summed E-state index contributed by atoms with van der Waals surface area (Å²) in [6.45, 7) is 5.38. The fraction of sp³-hybridized carbons (Fsp3) is 0.364. The third-order valence-electron chi connectivity index (χ3n) is 6.54. The molecule has 0 heterocycles. The van der Waals surface area contributed by atoms with E-state index < -0.39 is 50.0 Å². The van der Waals surface area contributed by atoms with E-state index in [0.29, 0.717) is 0 Å². The molecule has 3 rings (SSSR count). The molecule has 2 unspecified atom stereocenters. The van der Waals surface area contributed by atoms with Gasteiger partial charge in [-0.25, -0.2) is 0 Å². The number of carbonyl (C=O) groups is 3. The first-order valence-electron chi connectivity index (χ1n) is 14.6. The Balaban J connectivity index is 1.66. The van der Waals surface area contributed by atoms with E-state index in [4.69, 9.17) is 14.0 Å². The molecule has 0 aliphatic rings. The molecule has 0 radical (unpaired) electrons. The molecular formula is C33H41N2O8P. The van der Waals surface area contributed by atoms with Gasteiger partial charge in [0.25, 0.3) is 0 Å². The van der Waals surface area contributed by atoms with Crippen LogP contribution >= 0.6 is 7.60 Å². The molecule has 0 saturated heterocycles. The molecule has 11 heteroatoms. The molecule has 44 heavy (non-hydrogen) atoms. The lowest BCUT2D eigenvalue weighted by atomic mass is 10.0. The number of benzene rings is 3. The van der Waals surface area contributed by atoms with Gasteiger partial charge in [-0.2, -0.15) is 0 Å². The zero-order valence-electron chi connectivity index (χ0n) is 25.3. The summed E-state index contributed by atoms with van der Waals surface area (Å²) in [5.41, 5.74) is 3.61. The molecule has 3 aromatic carbocycles. The molecule has 0 spiro atoms. The van der Waals surface area contributed by atoms with Crippen molar-refractivity contribution in [1.29, 1.82) is 0 Å². The highest BCUT2D eigenvalue weighted by Crippen LogP contribution is 2.43. The van der Waals surface area contributed by atoms with Gasteiger partial charge in [-0.15, -0.1) is 0 Å². The second-order valence-electron chi connectivity index (χ2n) is 10.5. The van der Waals surface area contributed by atoms with Crippen molar-refractivity contribution in [3.05, 3.63) is 96.1 Å². The van der Waals surface area contributed by atoms with E-state index in [1.54, 1.807) is 45.0 Å². The van der Waals surface area contributed by atoms with Crippen molar-refractivity contribution in [3.8, 4) is 11.1 Å². The summed E-state index contributed by atoms with van der Waals surface area (Å²) in [7, 11) is -4.38. The molecule has 0 aromatic heterocycles. The monoisotopic (exact) mass is 624 g/mol. The molecule has 0 aliphatic heterocycles. The maximum absolute atomic E-state index is 13.1. The van der Waals surface area contributed by atoms with Crippen LogP contribution in [-0.2, 0) is 45.8 Å². The maximum Gasteiger partial charge on any atom is 0.344 e. The van der Waals surface area contributed by atoms with Gasteiger partial charge in [0, 0.05) is 12.5 Å². The van der Waals surface area contributed by atoms with E-state index in [0.717, 1.165) is 22.3 Å². The standard InChI is InChI=1S/C33H41N2O8P/c1-4-41-30(36)19-20-34-32(38)29(21-26-15-17-28(18-16-26)27-13-9-6-10-14-27)35-23-44(39,40)43-33(24(2)3)42-31(37)22-25-11-7-5-8-12-25/h5-18,24,29,33,35H,4,19-23H2,1-3H3,(H,34,38)(H,39,40)/t29?,33-/m0/s1. The van der Waals surface area contributed by atoms with Crippen LogP contribution in [0.1, 0.15) is 38.3 Å². The molecule has 0 bridgehead atoms. The average Bonchev–Trinajstić information content (AvgIpc) is 3.00. The first-order chi connectivity index (χ1) is 21.1. The highest BCUT2D eigenvalue weighted by molar-refractivity contribution is 7.52. The van der Waals surface area contributed by atoms with Crippen molar-refractivity contribution in [2.75, 3.05) is 19.4 Å². The predicted molar refractivity (Wildman–Crippen MR) is 167 cm³/mol. The maximum atomic E-state index is 13.1. The molecule has 3 atom stereocenters. The van der Waals surface area contributed by atoms with Crippen molar-refractivity contribution in [3.63, 3.8) is 0 Å². The van der Waals surface area contributed by atoms with E-state index in [-0.39, 0.29) is 32.4 Å². The number of ether oxygens (including phenoxy) is 2. The Hall–Kier alpha value is -3.82. The number of esters is 2. The van der Waals surface area contributed by atoms with Crippen LogP contribution in [0.4, 0.5) is 0 Å². The van der Waals surface area contributed by atoms with Gasteiger partial charge in [-0.1, -0.05) is 98.8 Å². The van der Waals surface area contributed by atoms with E-state index >= 15 is 0 Å². The van der Waals surface area contributed by atoms with Crippen LogP contribution in [0.2, 0.25) is 0 Å². The molecule has 1 amide bonds. The van der Waals surface area contributed by atoms with Gasteiger partial charge in [0.05, 0.1) is 31.8 Å². The van der Waals surface area contributed by atoms with Crippen LogP contribution in [0, 0.1) is 5.92 Å². The number of hydrogen-bond donors (Lipinski definition) is 3. The molecular weight excluding hydrogens is 583 g/mol. The number of rotatable bonds is 17. The fourth-order valence-electron chi connectivity index (χ4n) is 4.24. The largest absolute Gasteiger partial charge is 0.466 e. The third-order valence-corrected chi connectivity index (χ3v) is 7.66. The van der Waals surface area contributed by atoms with Crippen molar-refractivity contribution in [2.45, 2.75) is 52.4 Å². The zero-order chi connectivity index (χ0) is 32.0. The summed E-state index contributed by atoms with van der Waals surface area (Å²) >= 11 is 0. The number of amides is 1. The van der Waals surface area contributed by atoms with Crippen molar-refractivity contribution in [2.24, 2.45) is 5.92 Å². The Morgan fingerprint density at radius 2 is 1.45 bits per heavy atom. The third kappa shape index (κ3) is 12.1. The lowest BCUT2D eigenvalue weighted by Crippen LogP contribution is -2.46. The second-order valence-corrected chi connectivity index (χ2v) is 12.3. The van der Waals surface area contributed by atoms with Crippen molar-refractivity contribution in [1.82, 2.24) is 10.6 Å². The molecule has 0 aliphatic carbocycles. The van der Waals surface area contributed by atoms with Crippen LogP contribution in [0.15, 0.2) is 84.9 Å². The fourth-order valence-corrected chi connectivity index (χ4v) is 5.38. The molecule has 0 saturated carbocycles. The van der Waals surface area contributed by atoms with Crippen LogP contribution in [0.5, 0.6) is 0 Å². The number of hydrogen-bond acceptors (Lipinski definition) is 8. The normalized spacial score (nSPS) is 13.8. The van der Waals surface area contributed by atoms with E-state index in [9.17, 15) is 23.8 Å². The van der Waals surface area contributed by atoms with Crippen LogP contribution in [0.3, 0.4) is 0 Å². The van der Waals surface area contributed by atoms with Crippen LogP contribution < -0.4 is 10.6 Å². The molecule has 3 aromatic rings. The second kappa shape index (κ2) is 17.5. The van der Waals surface area contributed by atoms with Gasteiger partial charge in [0.1, 0.15) is 0 Å². The van der Waals surface area contributed by atoms with E-state index in [1.165, 1.54) is 0 Å². The van der Waals surface area contributed by atoms with Gasteiger partial charge < -0.3 is 19.7 Å². The SMILES string of the molecule is CCOC(=O)CCNC(=O)C(Cc1ccc(-c2ccccc2)cc1)NCP(=O)(O)O[C@H](OC(=O)Cc1ccccc1)C(C)C. The Morgan fingerprint density at radius 1 is 0.841 bits per heavy atom. The summed E-state index contributed by atoms with van der Waals surface area (Å²) in [5.74, 6) is -1.92. The van der Waals surface area contributed by atoms with Gasteiger partial charge in [-0.3, -0.25) is 28.8 Å².